The lowest BCUT2D eigenvalue weighted by Crippen LogP contribution is -2.21. The first kappa shape index (κ1) is 24.2. The predicted molar refractivity (Wildman–Crippen MR) is 115 cm³/mol. The van der Waals surface area contributed by atoms with Gasteiger partial charge in [0.25, 0.3) is 0 Å². The quantitative estimate of drug-likeness (QED) is 0.296. The number of methoxy groups -OCH3 is 1. The van der Waals surface area contributed by atoms with Crippen LogP contribution in [0.4, 0.5) is 0 Å². The topological polar surface area (TPSA) is 96.2 Å². The van der Waals surface area contributed by atoms with Crippen LogP contribution in [-0.2, 0) is 9.53 Å². The number of ether oxygens (including phenoxy) is 2. The van der Waals surface area contributed by atoms with E-state index in [0.717, 1.165) is 0 Å². The summed E-state index contributed by atoms with van der Waals surface area (Å²) in [5.41, 5.74) is 0. The molecule has 3 N–H and O–H groups in total. The average Bonchev–Trinajstić information content (AvgIpc) is 2.99. The van der Waals surface area contributed by atoms with Gasteiger partial charge >= 0.3 is 5.97 Å². The summed E-state index contributed by atoms with van der Waals surface area (Å²) in [4.78, 5) is 11.0. The lowest BCUT2D eigenvalue weighted by molar-refractivity contribution is -0.139. The number of carbonyl (C=O) groups excluding carboxylic acids is 1. The van der Waals surface area contributed by atoms with Crippen LogP contribution in [0.3, 0.4) is 0 Å². The number of esters is 1. The minimum absolute atomic E-state index is 0.0533. The van der Waals surface area contributed by atoms with Crippen LogP contribution >= 0.6 is 11.6 Å². The Hall–Kier alpha value is -2.12. The normalized spacial score (nSPS) is 25.4. The summed E-state index contributed by atoms with van der Waals surface area (Å²) in [6.07, 6.45) is 9.36. The molecule has 0 spiro atoms. The third kappa shape index (κ3) is 7.95. The van der Waals surface area contributed by atoms with Crippen molar-refractivity contribution in [3.63, 3.8) is 0 Å². The molecular weight excluding hydrogens is 408 g/mol. The Balaban J connectivity index is 1.86. The summed E-state index contributed by atoms with van der Waals surface area (Å²) >= 11 is 5.91. The Morgan fingerprint density at radius 2 is 2.03 bits per heavy atom. The minimum atomic E-state index is -0.855. The molecule has 1 aliphatic carbocycles. The number of halogens is 1. The molecule has 1 aliphatic rings. The lowest BCUT2D eigenvalue weighted by atomic mass is 9.90. The van der Waals surface area contributed by atoms with E-state index in [4.69, 9.17) is 16.3 Å². The summed E-state index contributed by atoms with van der Waals surface area (Å²) in [5, 5.41) is 31.3. The molecule has 0 heterocycles. The number of carbonyl (C=O) groups is 1. The van der Waals surface area contributed by atoms with Crippen molar-refractivity contribution >= 4 is 17.6 Å². The van der Waals surface area contributed by atoms with E-state index in [-0.39, 0.29) is 30.8 Å². The van der Waals surface area contributed by atoms with Crippen LogP contribution < -0.4 is 4.74 Å². The highest BCUT2D eigenvalue weighted by Gasteiger charge is 2.39. The monoisotopic (exact) mass is 436 g/mol. The second-order valence-electron chi connectivity index (χ2n) is 7.20. The van der Waals surface area contributed by atoms with Crippen LogP contribution in [0.25, 0.3) is 0 Å². The molecule has 7 heteroatoms. The SMILES string of the molecule is COC(=O)C/C=C/C=C\CC1C(O)CC(O)[C@@H]1/C=C/[C@@H](O)COc1cccc(Cl)c1. The van der Waals surface area contributed by atoms with Crippen LogP contribution in [0, 0.1) is 11.8 Å². The van der Waals surface area contributed by atoms with Gasteiger partial charge in [0.2, 0.25) is 0 Å². The maximum absolute atomic E-state index is 11.0. The number of allylic oxidation sites excluding steroid dienone is 3. The molecule has 1 fully saturated rings. The van der Waals surface area contributed by atoms with E-state index in [1.165, 1.54) is 7.11 Å². The maximum Gasteiger partial charge on any atom is 0.309 e. The van der Waals surface area contributed by atoms with E-state index >= 15 is 0 Å². The van der Waals surface area contributed by atoms with Crippen LogP contribution in [0.15, 0.2) is 60.7 Å². The zero-order valence-electron chi connectivity index (χ0n) is 16.9. The smallest absolute Gasteiger partial charge is 0.309 e. The summed E-state index contributed by atoms with van der Waals surface area (Å²) in [5.74, 6) is -0.182. The molecule has 2 rings (SSSR count). The lowest BCUT2D eigenvalue weighted by Gasteiger charge is -2.19. The Bertz CT molecular complexity index is 760. The second kappa shape index (κ2) is 12.5. The van der Waals surface area contributed by atoms with Gasteiger partial charge in [0, 0.05) is 17.4 Å². The van der Waals surface area contributed by atoms with Crippen molar-refractivity contribution in [3.8, 4) is 5.75 Å². The van der Waals surface area contributed by atoms with Gasteiger partial charge < -0.3 is 24.8 Å². The zero-order valence-corrected chi connectivity index (χ0v) is 17.7. The molecule has 0 saturated heterocycles. The van der Waals surface area contributed by atoms with Gasteiger partial charge in [-0.15, -0.1) is 0 Å². The second-order valence-corrected chi connectivity index (χ2v) is 7.64. The fourth-order valence-electron chi connectivity index (χ4n) is 3.40. The van der Waals surface area contributed by atoms with Gasteiger partial charge in [0.1, 0.15) is 18.5 Å². The highest BCUT2D eigenvalue weighted by Crippen LogP contribution is 2.36. The Labute approximate surface area is 182 Å². The van der Waals surface area contributed by atoms with Crippen molar-refractivity contribution in [3.05, 3.63) is 65.7 Å². The molecule has 1 aromatic rings. The largest absolute Gasteiger partial charge is 0.491 e. The van der Waals surface area contributed by atoms with E-state index in [0.29, 0.717) is 23.6 Å². The van der Waals surface area contributed by atoms with Crippen molar-refractivity contribution in [1.82, 2.24) is 0 Å². The van der Waals surface area contributed by atoms with Gasteiger partial charge in [-0.05, 0) is 30.5 Å². The van der Waals surface area contributed by atoms with Crippen molar-refractivity contribution in [1.29, 1.82) is 0 Å². The number of hydrogen-bond donors (Lipinski definition) is 3. The highest BCUT2D eigenvalue weighted by atomic mass is 35.5. The van der Waals surface area contributed by atoms with Crippen LogP contribution in [0.5, 0.6) is 5.75 Å². The van der Waals surface area contributed by atoms with E-state index in [9.17, 15) is 20.1 Å². The minimum Gasteiger partial charge on any atom is -0.491 e. The molecule has 0 aromatic heterocycles. The number of rotatable bonds is 10. The molecule has 5 atom stereocenters. The molecule has 30 heavy (non-hydrogen) atoms. The first-order valence-corrected chi connectivity index (χ1v) is 10.3. The number of benzene rings is 1. The van der Waals surface area contributed by atoms with Gasteiger partial charge in [0.15, 0.2) is 0 Å². The number of aliphatic hydroxyl groups is 3. The fourth-order valence-corrected chi connectivity index (χ4v) is 3.58. The number of aliphatic hydroxyl groups excluding tert-OH is 3. The van der Waals surface area contributed by atoms with Crippen LogP contribution in [0.1, 0.15) is 19.3 Å². The van der Waals surface area contributed by atoms with Crippen molar-refractivity contribution < 1.29 is 29.6 Å². The average molecular weight is 437 g/mol. The van der Waals surface area contributed by atoms with E-state index in [2.05, 4.69) is 4.74 Å². The molecule has 1 aromatic carbocycles. The summed E-state index contributed by atoms with van der Waals surface area (Å²) in [6.45, 7) is 0.0533. The Morgan fingerprint density at radius 3 is 2.77 bits per heavy atom. The van der Waals surface area contributed by atoms with E-state index in [1.54, 1.807) is 54.6 Å². The van der Waals surface area contributed by atoms with E-state index in [1.807, 2.05) is 6.08 Å². The molecular formula is C23H29ClO6. The van der Waals surface area contributed by atoms with Gasteiger partial charge in [-0.1, -0.05) is 54.1 Å². The summed E-state index contributed by atoms with van der Waals surface area (Å²) in [6, 6.07) is 6.92. The molecule has 0 aliphatic heterocycles. The van der Waals surface area contributed by atoms with Crippen LogP contribution in [-0.4, -0.2) is 53.3 Å². The van der Waals surface area contributed by atoms with E-state index < -0.39 is 18.3 Å². The Morgan fingerprint density at radius 1 is 1.27 bits per heavy atom. The van der Waals surface area contributed by atoms with Crippen molar-refractivity contribution in [2.75, 3.05) is 13.7 Å². The molecule has 1 saturated carbocycles. The van der Waals surface area contributed by atoms with Crippen molar-refractivity contribution in [2.24, 2.45) is 11.8 Å². The summed E-state index contributed by atoms with van der Waals surface area (Å²) < 4.78 is 10.1. The maximum atomic E-state index is 11.0. The first-order valence-electron chi connectivity index (χ1n) is 9.90. The zero-order chi connectivity index (χ0) is 21.9. The number of hydrogen-bond acceptors (Lipinski definition) is 6. The fraction of sp³-hybridized carbons (Fsp3) is 0.435. The van der Waals surface area contributed by atoms with Crippen molar-refractivity contribution in [2.45, 2.75) is 37.6 Å². The predicted octanol–water partition coefficient (Wildman–Crippen LogP) is 3.06. The van der Waals surface area contributed by atoms with Gasteiger partial charge in [-0.25, -0.2) is 0 Å². The van der Waals surface area contributed by atoms with Crippen LogP contribution in [0.2, 0.25) is 5.02 Å². The molecule has 0 amide bonds. The molecule has 3 unspecified atom stereocenters. The first-order chi connectivity index (χ1) is 14.4. The summed E-state index contributed by atoms with van der Waals surface area (Å²) in [7, 11) is 1.34. The third-order valence-electron chi connectivity index (χ3n) is 4.99. The van der Waals surface area contributed by atoms with Gasteiger partial charge in [-0.2, -0.15) is 0 Å². The van der Waals surface area contributed by atoms with Gasteiger partial charge in [-0.3, -0.25) is 4.79 Å². The molecule has 0 bridgehead atoms. The van der Waals surface area contributed by atoms with Gasteiger partial charge in [0.05, 0.1) is 25.7 Å². The highest BCUT2D eigenvalue weighted by molar-refractivity contribution is 6.30. The standard InChI is InChI=1S/C23H29ClO6/c1-29-23(28)10-5-3-2-4-9-19-20(22(27)14-21(19)26)12-11-17(25)15-30-18-8-6-7-16(24)13-18/h2-8,11-13,17,19-22,25-27H,9-10,14-15H2,1H3/b4-2-,5-3+,12-11+/t17-,19?,20-,21?,22?/m1/s1. The molecule has 164 valence electrons. The molecule has 0 radical (unpaired) electrons. The third-order valence-corrected chi connectivity index (χ3v) is 5.23. The Kier molecular flexibility index (Phi) is 10.1. The molecule has 6 nitrogen and oxygen atoms in total.